The van der Waals surface area contributed by atoms with Gasteiger partial charge in [0.25, 0.3) is 0 Å². The largest absolute Gasteiger partial charge is 0.370 e. The van der Waals surface area contributed by atoms with Gasteiger partial charge >= 0.3 is 6.03 Å². The van der Waals surface area contributed by atoms with E-state index in [2.05, 4.69) is 35.3 Å². The maximum Gasteiger partial charge on any atom is 0.321 e. The standard InChI is InChI=1S/C18H23N3OS/c1-14-9-10-15(23-14)13-20(2)18(22)19-16-7-3-4-8-17(16)21-11-5-6-12-21/h3-4,7-10H,5-6,11-13H2,1-2H3,(H,19,22). The molecule has 0 aliphatic carbocycles. The van der Waals surface area contributed by atoms with Crippen LogP contribution in [0.3, 0.4) is 0 Å². The Kier molecular flexibility index (Phi) is 4.86. The Balaban J connectivity index is 1.67. The van der Waals surface area contributed by atoms with Gasteiger partial charge in [0.15, 0.2) is 0 Å². The second-order valence-corrected chi connectivity index (χ2v) is 7.38. The Hall–Kier alpha value is -2.01. The van der Waals surface area contributed by atoms with E-state index in [1.165, 1.54) is 22.6 Å². The molecule has 1 fully saturated rings. The molecular weight excluding hydrogens is 306 g/mol. The molecule has 5 heteroatoms. The van der Waals surface area contributed by atoms with Crippen LogP contribution in [-0.2, 0) is 6.54 Å². The summed E-state index contributed by atoms with van der Waals surface area (Å²) in [6.45, 7) is 4.85. The van der Waals surface area contributed by atoms with E-state index in [0.29, 0.717) is 6.54 Å². The SMILES string of the molecule is Cc1ccc(CN(C)C(=O)Nc2ccccc2N2CCCC2)s1. The van der Waals surface area contributed by atoms with Crippen LogP contribution in [0.2, 0.25) is 0 Å². The van der Waals surface area contributed by atoms with Crippen molar-refractivity contribution in [3.63, 3.8) is 0 Å². The summed E-state index contributed by atoms with van der Waals surface area (Å²) in [6, 6.07) is 12.2. The lowest BCUT2D eigenvalue weighted by Crippen LogP contribution is -2.31. The molecule has 1 saturated heterocycles. The van der Waals surface area contributed by atoms with Crippen molar-refractivity contribution in [3.05, 3.63) is 46.2 Å². The number of rotatable bonds is 4. The van der Waals surface area contributed by atoms with Gasteiger partial charge in [-0.05, 0) is 44.0 Å². The Labute approximate surface area is 141 Å². The molecule has 1 aliphatic rings. The number of thiophene rings is 1. The molecule has 2 aromatic rings. The van der Waals surface area contributed by atoms with E-state index in [0.717, 1.165) is 24.5 Å². The van der Waals surface area contributed by atoms with Gasteiger partial charge in [-0.25, -0.2) is 4.79 Å². The van der Waals surface area contributed by atoms with E-state index in [4.69, 9.17) is 0 Å². The van der Waals surface area contributed by atoms with Crippen molar-refractivity contribution in [1.82, 2.24) is 4.90 Å². The molecule has 4 nitrogen and oxygen atoms in total. The summed E-state index contributed by atoms with van der Waals surface area (Å²) < 4.78 is 0. The highest BCUT2D eigenvalue weighted by molar-refractivity contribution is 7.11. The summed E-state index contributed by atoms with van der Waals surface area (Å²) in [7, 11) is 1.84. The lowest BCUT2D eigenvalue weighted by atomic mass is 10.2. The molecule has 1 aromatic heterocycles. The van der Waals surface area contributed by atoms with Crippen molar-refractivity contribution in [3.8, 4) is 0 Å². The van der Waals surface area contributed by atoms with Gasteiger partial charge in [0.1, 0.15) is 0 Å². The molecule has 1 aliphatic heterocycles. The minimum atomic E-state index is -0.0669. The Morgan fingerprint density at radius 3 is 2.65 bits per heavy atom. The predicted molar refractivity (Wildman–Crippen MR) is 97.4 cm³/mol. The quantitative estimate of drug-likeness (QED) is 0.906. The van der Waals surface area contributed by atoms with E-state index in [1.54, 1.807) is 16.2 Å². The first-order valence-electron chi connectivity index (χ1n) is 8.05. The second-order valence-electron chi connectivity index (χ2n) is 6.01. The number of para-hydroxylation sites is 2. The number of carbonyl (C=O) groups is 1. The molecule has 2 heterocycles. The van der Waals surface area contributed by atoms with Gasteiger partial charge in [0, 0.05) is 29.9 Å². The number of amides is 2. The number of aryl methyl sites for hydroxylation is 1. The highest BCUT2D eigenvalue weighted by Gasteiger charge is 2.18. The van der Waals surface area contributed by atoms with Crippen LogP contribution < -0.4 is 10.2 Å². The minimum absolute atomic E-state index is 0.0669. The third-order valence-electron chi connectivity index (χ3n) is 4.13. The van der Waals surface area contributed by atoms with Gasteiger partial charge in [-0.1, -0.05) is 12.1 Å². The Morgan fingerprint density at radius 1 is 1.22 bits per heavy atom. The number of urea groups is 1. The minimum Gasteiger partial charge on any atom is -0.370 e. The molecule has 2 amide bonds. The zero-order valence-electron chi connectivity index (χ0n) is 13.7. The van der Waals surface area contributed by atoms with Gasteiger partial charge in [-0.3, -0.25) is 0 Å². The third kappa shape index (κ3) is 3.85. The number of anilines is 2. The molecule has 23 heavy (non-hydrogen) atoms. The molecule has 3 rings (SSSR count). The van der Waals surface area contributed by atoms with E-state index in [1.807, 2.05) is 25.2 Å². The third-order valence-corrected chi connectivity index (χ3v) is 5.11. The van der Waals surface area contributed by atoms with Gasteiger partial charge in [-0.2, -0.15) is 0 Å². The number of nitrogens with one attached hydrogen (secondary N) is 1. The molecule has 1 aromatic carbocycles. The molecule has 0 unspecified atom stereocenters. The Bertz CT molecular complexity index is 676. The number of hydrogen-bond donors (Lipinski definition) is 1. The highest BCUT2D eigenvalue weighted by Crippen LogP contribution is 2.29. The summed E-state index contributed by atoms with van der Waals surface area (Å²) in [5, 5.41) is 3.06. The Morgan fingerprint density at radius 2 is 1.96 bits per heavy atom. The summed E-state index contributed by atoms with van der Waals surface area (Å²) >= 11 is 1.73. The van der Waals surface area contributed by atoms with Gasteiger partial charge < -0.3 is 15.1 Å². The molecular formula is C18H23N3OS. The van der Waals surface area contributed by atoms with E-state index in [-0.39, 0.29) is 6.03 Å². The van der Waals surface area contributed by atoms with Crippen molar-refractivity contribution >= 4 is 28.7 Å². The predicted octanol–water partition coefficient (Wildman–Crippen LogP) is 4.32. The topological polar surface area (TPSA) is 35.6 Å². The molecule has 0 atom stereocenters. The highest BCUT2D eigenvalue weighted by atomic mass is 32.1. The van der Waals surface area contributed by atoms with Gasteiger partial charge in [-0.15, -0.1) is 11.3 Å². The molecule has 0 saturated carbocycles. The summed E-state index contributed by atoms with van der Waals surface area (Å²) in [5.41, 5.74) is 2.02. The van der Waals surface area contributed by atoms with E-state index >= 15 is 0 Å². The lowest BCUT2D eigenvalue weighted by Gasteiger charge is -2.23. The van der Waals surface area contributed by atoms with Crippen molar-refractivity contribution in [2.45, 2.75) is 26.3 Å². The number of nitrogens with zero attached hydrogens (tertiary/aromatic N) is 2. The first kappa shape index (κ1) is 15.9. The van der Waals surface area contributed by atoms with Gasteiger partial charge in [0.05, 0.1) is 17.9 Å². The van der Waals surface area contributed by atoms with Crippen LogP contribution in [0.1, 0.15) is 22.6 Å². The van der Waals surface area contributed by atoms with Crippen LogP contribution in [-0.4, -0.2) is 31.1 Å². The smallest absolute Gasteiger partial charge is 0.321 e. The maximum atomic E-state index is 12.5. The zero-order chi connectivity index (χ0) is 16.2. The van der Waals surface area contributed by atoms with Crippen LogP contribution in [0, 0.1) is 6.92 Å². The molecule has 1 N–H and O–H groups in total. The van der Waals surface area contributed by atoms with E-state index < -0.39 is 0 Å². The fourth-order valence-electron chi connectivity index (χ4n) is 2.90. The maximum absolute atomic E-state index is 12.5. The van der Waals surface area contributed by atoms with Crippen LogP contribution in [0.25, 0.3) is 0 Å². The number of carbonyl (C=O) groups excluding carboxylic acids is 1. The fourth-order valence-corrected chi connectivity index (χ4v) is 3.84. The first-order valence-corrected chi connectivity index (χ1v) is 8.86. The summed E-state index contributed by atoms with van der Waals surface area (Å²) in [6.07, 6.45) is 2.44. The molecule has 0 radical (unpaired) electrons. The van der Waals surface area contributed by atoms with Crippen molar-refractivity contribution in [2.75, 3.05) is 30.4 Å². The number of benzene rings is 1. The molecule has 122 valence electrons. The average Bonchev–Trinajstić information content (AvgIpc) is 3.19. The van der Waals surface area contributed by atoms with Crippen molar-refractivity contribution in [1.29, 1.82) is 0 Å². The summed E-state index contributed by atoms with van der Waals surface area (Å²) in [5.74, 6) is 0. The van der Waals surface area contributed by atoms with Gasteiger partial charge in [0.2, 0.25) is 0 Å². The van der Waals surface area contributed by atoms with Crippen molar-refractivity contribution in [2.24, 2.45) is 0 Å². The van der Waals surface area contributed by atoms with E-state index in [9.17, 15) is 4.79 Å². The van der Waals surface area contributed by atoms with Crippen molar-refractivity contribution < 1.29 is 4.79 Å². The fraction of sp³-hybridized carbons (Fsp3) is 0.389. The molecule has 0 bridgehead atoms. The summed E-state index contributed by atoms with van der Waals surface area (Å²) in [4.78, 5) is 19.0. The first-order chi connectivity index (χ1) is 11.1. The van der Waals surface area contributed by atoms with Crippen LogP contribution in [0.5, 0.6) is 0 Å². The molecule has 0 spiro atoms. The average molecular weight is 329 g/mol. The monoisotopic (exact) mass is 329 g/mol. The lowest BCUT2D eigenvalue weighted by molar-refractivity contribution is 0.221. The van der Waals surface area contributed by atoms with Crippen LogP contribution in [0.4, 0.5) is 16.2 Å². The second kappa shape index (κ2) is 7.04. The normalized spacial score (nSPS) is 14.1. The zero-order valence-corrected chi connectivity index (χ0v) is 14.5. The van der Waals surface area contributed by atoms with Crippen LogP contribution >= 0.6 is 11.3 Å². The number of hydrogen-bond acceptors (Lipinski definition) is 3. The van der Waals surface area contributed by atoms with Crippen LogP contribution in [0.15, 0.2) is 36.4 Å².